The molecule has 2 aromatic heterocycles. The van der Waals surface area contributed by atoms with Crippen LogP contribution >= 0.6 is 0 Å². The van der Waals surface area contributed by atoms with Crippen LogP contribution in [0.4, 0.5) is 4.39 Å². The summed E-state index contributed by atoms with van der Waals surface area (Å²) >= 11 is 0. The van der Waals surface area contributed by atoms with Crippen molar-refractivity contribution in [1.29, 1.82) is 0 Å². The summed E-state index contributed by atoms with van der Waals surface area (Å²) in [5, 5.41) is 5.31. The minimum Gasteiger partial charge on any atom is -0.366 e. The molecule has 168 valence electrons. The third kappa shape index (κ3) is 3.95. The molecule has 8 heteroatoms. The van der Waals surface area contributed by atoms with E-state index in [1.165, 1.54) is 12.1 Å². The Bertz CT molecular complexity index is 1380. The number of rotatable bonds is 7. The molecule has 0 saturated heterocycles. The van der Waals surface area contributed by atoms with Crippen LogP contribution in [0, 0.1) is 5.82 Å². The summed E-state index contributed by atoms with van der Waals surface area (Å²) in [6.07, 6.45) is 1.11. The fourth-order valence-electron chi connectivity index (χ4n) is 4.23. The van der Waals surface area contributed by atoms with Crippen LogP contribution in [0.2, 0.25) is 0 Å². The number of carbonyl (C=O) groups is 2. The van der Waals surface area contributed by atoms with E-state index in [1.54, 1.807) is 36.4 Å². The Labute approximate surface area is 190 Å². The number of amides is 2. The van der Waals surface area contributed by atoms with Crippen molar-refractivity contribution in [3.05, 3.63) is 82.6 Å². The zero-order valence-electron chi connectivity index (χ0n) is 18.4. The number of primary amides is 2. The average Bonchev–Trinajstić information content (AvgIpc) is 3.15. The molecule has 4 N–H and O–H groups in total. The topological polar surface area (TPSA) is 117 Å². The van der Waals surface area contributed by atoms with Gasteiger partial charge in [-0.1, -0.05) is 44.2 Å². The molecule has 7 nitrogen and oxygen atoms in total. The first-order chi connectivity index (χ1) is 15.8. The van der Waals surface area contributed by atoms with E-state index in [0.717, 1.165) is 11.3 Å². The Morgan fingerprint density at radius 3 is 2.24 bits per heavy atom. The van der Waals surface area contributed by atoms with Crippen LogP contribution < -0.4 is 11.5 Å². The van der Waals surface area contributed by atoms with Crippen LogP contribution in [0.3, 0.4) is 0 Å². The molecule has 33 heavy (non-hydrogen) atoms. The van der Waals surface area contributed by atoms with Crippen molar-refractivity contribution < 1.29 is 14.0 Å². The van der Waals surface area contributed by atoms with Gasteiger partial charge in [0.05, 0.1) is 23.3 Å². The van der Waals surface area contributed by atoms with Crippen molar-refractivity contribution in [3.8, 4) is 11.1 Å². The second kappa shape index (κ2) is 8.82. The van der Waals surface area contributed by atoms with Crippen molar-refractivity contribution >= 4 is 22.7 Å². The summed E-state index contributed by atoms with van der Waals surface area (Å²) in [5.74, 6) is -1.75. The number of pyridine rings is 1. The van der Waals surface area contributed by atoms with Crippen molar-refractivity contribution in [2.45, 2.75) is 33.2 Å². The quantitative estimate of drug-likeness (QED) is 0.452. The number of aromatic nitrogens is 3. The number of carbonyl (C=O) groups excluding carboxylic acids is 2. The number of aryl methyl sites for hydroxylation is 1. The van der Waals surface area contributed by atoms with Gasteiger partial charge >= 0.3 is 0 Å². The lowest BCUT2D eigenvalue weighted by Crippen LogP contribution is -2.21. The van der Waals surface area contributed by atoms with Gasteiger partial charge in [-0.05, 0) is 36.6 Å². The second-order valence-corrected chi connectivity index (χ2v) is 7.72. The minimum absolute atomic E-state index is 0.0202. The average molecular weight is 445 g/mol. The first-order valence-corrected chi connectivity index (χ1v) is 10.7. The highest BCUT2D eigenvalue weighted by Crippen LogP contribution is 2.37. The lowest BCUT2D eigenvalue weighted by atomic mass is 9.91. The van der Waals surface area contributed by atoms with E-state index in [4.69, 9.17) is 16.6 Å². The molecule has 4 rings (SSSR count). The van der Waals surface area contributed by atoms with Gasteiger partial charge in [0.2, 0.25) is 5.91 Å². The monoisotopic (exact) mass is 445 g/mol. The summed E-state index contributed by atoms with van der Waals surface area (Å²) in [7, 11) is 0. The van der Waals surface area contributed by atoms with Gasteiger partial charge in [-0.2, -0.15) is 5.10 Å². The highest BCUT2D eigenvalue weighted by molar-refractivity contribution is 6.15. The molecule has 0 radical (unpaired) electrons. The Morgan fingerprint density at radius 2 is 1.64 bits per heavy atom. The van der Waals surface area contributed by atoms with Gasteiger partial charge in [0.1, 0.15) is 11.5 Å². The van der Waals surface area contributed by atoms with Crippen LogP contribution in [-0.2, 0) is 19.4 Å². The largest absolute Gasteiger partial charge is 0.366 e. The van der Waals surface area contributed by atoms with Gasteiger partial charge in [0, 0.05) is 22.2 Å². The molecule has 0 bridgehead atoms. The summed E-state index contributed by atoms with van der Waals surface area (Å²) < 4.78 is 15.2. The molecule has 0 fully saturated rings. The molecule has 0 aliphatic rings. The van der Waals surface area contributed by atoms with Gasteiger partial charge in [-0.25, -0.2) is 9.37 Å². The highest BCUT2D eigenvalue weighted by atomic mass is 19.1. The summed E-state index contributed by atoms with van der Waals surface area (Å²) in [4.78, 5) is 29.7. The highest BCUT2D eigenvalue weighted by Gasteiger charge is 2.28. The molecule has 4 aromatic rings. The minimum atomic E-state index is -0.756. The molecule has 0 aliphatic heterocycles. The van der Waals surface area contributed by atoms with Crippen molar-refractivity contribution in [3.63, 3.8) is 0 Å². The predicted molar refractivity (Wildman–Crippen MR) is 124 cm³/mol. The number of benzene rings is 2. The molecular weight excluding hydrogens is 421 g/mol. The predicted octanol–water partition coefficient (Wildman–Crippen LogP) is 3.61. The zero-order valence-corrected chi connectivity index (χ0v) is 18.4. The molecule has 0 aliphatic carbocycles. The number of hydrogen-bond acceptors (Lipinski definition) is 4. The number of halogens is 1. The normalized spacial score (nSPS) is 11.1. The number of nitrogens with zero attached hydrogens (tertiary/aromatic N) is 3. The van der Waals surface area contributed by atoms with Crippen molar-refractivity contribution in [2.24, 2.45) is 11.5 Å². The van der Waals surface area contributed by atoms with Crippen LogP contribution in [-0.4, -0.2) is 26.6 Å². The Balaban J connectivity index is 2.05. The van der Waals surface area contributed by atoms with Gasteiger partial charge < -0.3 is 11.5 Å². The maximum Gasteiger partial charge on any atom is 0.267 e. The lowest BCUT2D eigenvalue weighted by molar-refractivity contribution is 0.0996. The lowest BCUT2D eigenvalue weighted by Gasteiger charge is -2.16. The second-order valence-electron chi connectivity index (χ2n) is 7.72. The molecule has 0 unspecified atom stereocenters. The molecule has 2 heterocycles. The van der Waals surface area contributed by atoms with Crippen LogP contribution in [0.1, 0.15) is 51.6 Å². The third-order valence-electron chi connectivity index (χ3n) is 5.67. The molecule has 2 aromatic carbocycles. The number of fused-ring (bicyclic) bond motifs is 1. The van der Waals surface area contributed by atoms with Crippen molar-refractivity contribution in [2.75, 3.05) is 0 Å². The van der Waals surface area contributed by atoms with Crippen LogP contribution in [0.5, 0.6) is 0 Å². The number of nitrogens with two attached hydrogens (primary N) is 2. The van der Waals surface area contributed by atoms with Gasteiger partial charge in [-0.3, -0.25) is 14.3 Å². The van der Waals surface area contributed by atoms with Gasteiger partial charge in [0.15, 0.2) is 0 Å². The van der Waals surface area contributed by atoms with E-state index in [9.17, 15) is 14.0 Å². The fourth-order valence-corrected chi connectivity index (χ4v) is 4.23. The third-order valence-corrected chi connectivity index (χ3v) is 5.67. The Morgan fingerprint density at radius 1 is 0.939 bits per heavy atom. The number of para-hydroxylation sites is 1. The Hall–Kier alpha value is -4.07. The van der Waals surface area contributed by atoms with E-state index >= 15 is 0 Å². The van der Waals surface area contributed by atoms with E-state index in [-0.39, 0.29) is 17.1 Å². The van der Waals surface area contributed by atoms with Gasteiger partial charge in [0.25, 0.3) is 5.91 Å². The molecule has 0 saturated carbocycles. The molecule has 0 spiro atoms. The zero-order chi connectivity index (χ0) is 23.7. The maximum absolute atomic E-state index is 13.4. The smallest absolute Gasteiger partial charge is 0.267 e. The van der Waals surface area contributed by atoms with E-state index in [0.29, 0.717) is 47.1 Å². The standard InChI is InChI=1S/C25H24FN5O2/c1-3-17-21(19(4-2)31(30-17)13-14-9-11-15(26)12-10-14)22-20(24(27)32)16-7-5-6-8-18(16)29-23(22)25(28)33/h5-12H,3-4,13H2,1-2H3,(H2,27,32)(H2,28,33). The van der Waals surface area contributed by atoms with Crippen LogP contribution in [0.25, 0.3) is 22.0 Å². The summed E-state index contributed by atoms with van der Waals surface area (Å²) in [6, 6.07) is 13.2. The van der Waals surface area contributed by atoms with Crippen molar-refractivity contribution in [1.82, 2.24) is 14.8 Å². The molecular formula is C25H24FN5O2. The number of hydrogen-bond donors (Lipinski definition) is 2. The van der Waals surface area contributed by atoms with Gasteiger partial charge in [-0.15, -0.1) is 0 Å². The van der Waals surface area contributed by atoms with Crippen LogP contribution in [0.15, 0.2) is 48.5 Å². The SMILES string of the molecule is CCc1nn(Cc2ccc(F)cc2)c(CC)c1-c1c(C(N)=O)nc2ccccc2c1C(N)=O. The molecule has 2 amide bonds. The first kappa shape index (κ1) is 22.1. The fraction of sp³-hybridized carbons (Fsp3) is 0.200. The summed E-state index contributed by atoms with van der Waals surface area (Å²) in [5.41, 5.74) is 15.5. The maximum atomic E-state index is 13.4. The van der Waals surface area contributed by atoms with E-state index in [2.05, 4.69) is 4.98 Å². The van der Waals surface area contributed by atoms with E-state index < -0.39 is 11.8 Å². The Kier molecular flexibility index (Phi) is 5.91. The first-order valence-electron chi connectivity index (χ1n) is 10.7. The summed E-state index contributed by atoms with van der Waals surface area (Å²) in [6.45, 7) is 4.30. The molecule has 0 atom stereocenters. The van der Waals surface area contributed by atoms with E-state index in [1.807, 2.05) is 18.5 Å².